The van der Waals surface area contributed by atoms with E-state index in [1.54, 1.807) is 30.3 Å². The van der Waals surface area contributed by atoms with Crippen LogP contribution >= 0.6 is 0 Å². The Kier molecular flexibility index (Phi) is 3.53. The molecule has 0 aliphatic rings. The highest BCUT2D eigenvalue weighted by molar-refractivity contribution is 5.76. The third-order valence-corrected chi connectivity index (χ3v) is 2.61. The third-order valence-electron chi connectivity index (χ3n) is 2.61. The van der Waals surface area contributed by atoms with Gasteiger partial charge in [0.1, 0.15) is 0 Å². The highest BCUT2D eigenvalue weighted by Crippen LogP contribution is 2.19. The topological polar surface area (TPSA) is 43.1 Å². The van der Waals surface area contributed by atoms with Gasteiger partial charge in [-0.1, -0.05) is 48.0 Å². The Labute approximate surface area is 106 Å². The summed E-state index contributed by atoms with van der Waals surface area (Å²) in [7, 11) is 0. The van der Waals surface area contributed by atoms with Gasteiger partial charge in [-0.25, -0.2) is 0 Å². The van der Waals surface area contributed by atoms with Gasteiger partial charge in [0.05, 0.1) is 10.5 Å². The summed E-state index contributed by atoms with van der Waals surface area (Å²) in [5.74, 6) is 0. The van der Waals surface area contributed by atoms with Gasteiger partial charge in [0.15, 0.2) is 0 Å². The minimum atomic E-state index is -0.350. The van der Waals surface area contributed by atoms with Gasteiger partial charge in [-0.05, 0) is 24.6 Å². The molecule has 0 aliphatic heterocycles. The van der Waals surface area contributed by atoms with Crippen molar-refractivity contribution in [3.05, 3.63) is 81.4 Å². The maximum atomic E-state index is 11.1. The van der Waals surface area contributed by atoms with E-state index in [1.165, 1.54) is 0 Å². The van der Waals surface area contributed by atoms with Gasteiger partial charge in [0.2, 0.25) is 0 Å². The monoisotopic (exact) mass is 239 g/mol. The first-order valence-electron chi connectivity index (χ1n) is 5.65. The van der Waals surface area contributed by atoms with E-state index in [4.69, 9.17) is 0 Å². The number of hydrogen-bond acceptors (Lipinski definition) is 2. The molecule has 0 bridgehead atoms. The summed E-state index contributed by atoms with van der Waals surface area (Å²) >= 11 is 0. The Morgan fingerprint density at radius 3 is 2.44 bits per heavy atom. The minimum absolute atomic E-state index is 0.112. The van der Waals surface area contributed by atoms with E-state index in [-0.39, 0.29) is 10.6 Å². The quantitative estimate of drug-likeness (QED) is 0.465. The van der Waals surface area contributed by atoms with Crippen LogP contribution in [0.5, 0.6) is 0 Å². The van der Waals surface area contributed by atoms with Crippen LogP contribution in [0.1, 0.15) is 16.7 Å². The molecule has 90 valence electrons. The number of rotatable bonds is 3. The second kappa shape index (κ2) is 5.27. The molecule has 0 fully saturated rings. The summed E-state index contributed by atoms with van der Waals surface area (Å²) in [6.45, 7) is 1.96. The Morgan fingerprint density at radius 1 is 1.11 bits per heavy atom. The molecular weight excluding hydrogens is 226 g/mol. The largest absolute Gasteiger partial charge is 0.277 e. The van der Waals surface area contributed by atoms with Gasteiger partial charge in [0, 0.05) is 6.08 Å². The lowest BCUT2D eigenvalue weighted by Gasteiger charge is -2.00. The molecule has 0 aromatic heterocycles. The first-order valence-corrected chi connectivity index (χ1v) is 5.65. The SMILES string of the molecule is Cc1cccc(/C=C(\c2ccccc2)[N+](=O)[O-])c1. The summed E-state index contributed by atoms with van der Waals surface area (Å²) in [5.41, 5.74) is 2.65. The van der Waals surface area contributed by atoms with E-state index in [2.05, 4.69) is 0 Å². The highest BCUT2D eigenvalue weighted by Gasteiger charge is 2.13. The fourth-order valence-corrected chi connectivity index (χ4v) is 1.77. The van der Waals surface area contributed by atoms with E-state index >= 15 is 0 Å². The van der Waals surface area contributed by atoms with Crippen LogP contribution in [-0.2, 0) is 0 Å². The summed E-state index contributed by atoms with van der Waals surface area (Å²) in [6, 6.07) is 16.6. The summed E-state index contributed by atoms with van der Waals surface area (Å²) in [6.07, 6.45) is 1.60. The molecule has 2 aromatic rings. The van der Waals surface area contributed by atoms with E-state index in [1.807, 2.05) is 37.3 Å². The lowest BCUT2D eigenvalue weighted by molar-refractivity contribution is -0.374. The highest BCUT2D eigenvalue weighted by atomic mass is 16.6. The van der Waals surface area contributed by atoms with Crippen molar-refractivity contribution < 1.29 is 4.92 Å². The normalized spacial score (nSPS) is 11.3. The molecule has 0 saturated heterocycles. The summed E-state index contributed by atoms with van der Waals surface area (Å²) in [4.78, 5) is 10.8. The lowest BCUT2D eigenvalue weighted by atomic mass is 10.1. The molecular formula is C15H13NO2. The zero-order valence-electron chi connectivity index (χ0n) is 10.0. The standard InChI is InChI=1S/C15H13NO2/c1-12-6-5-7-13(10-12)11-15(16(17)18)14-8-3-2-4-9-14/h2-11H,1H3/b15-11+. The molecule has 0 saturated carbocycles. The van der Waals surface area contributed by atoms with Gasteiger partial charge >= 0.3 is 0 Å². The van der Waals surface area contributed by atoms with E-state index in [0.29, 0.717) is 5.56 Å². The van der Waals surface area contributed by atoms with Crippen LogP contribution in [0.2, 0.25) is 0 Å². The van der Waals surface area contributed by atoms with Crippen molar-refractivity contribution in [3.8, 4) is 0 Å². The number of nitrogens with zero attached hydrogens (tertiary/aromatic N) is 1. The van der Waals surface area contributed by atoms with Gasteiger partial charge in [-0.15, -0.1) is 0 Å². The Morgan fingerprint density at radius 2 is 1.83 bits per heavy atom. The fraction of sp³-hybridized carbons (Fsp3) is 0.0667. The number of hydrogen-bond donors (Lipinski definition) is 0. The molecule has 0 amide bonds. The van der Waals surface area contributed by atoms with Crippen LogP contribution in [0.4, 0.5) is 0 Å². The van der Waals surface area contributed by atoms with E-state index in [9.17, 15) is 10.1 Å². The average molecular weight is 239 g/mol. The van der Waals surface area contributed by atoms with Crippen LogP contribution in [0.15, 0.2) is 54.6 Å². The Hall–Kier alpha value is -2.42. The van der Waals surface area contributed by atoms with Crippen LogP contribution < -0.4 is 0 Å². The van der Waals surface area contributed by atoms with Gasteiger partial charge in [-0.2, -0.15) is 0 Å². The maximum absolute atomic E-state index is 11.1. The zero-order chi connectivity index (χ0) is 13.0. The zero-order valence-corrected chi connectivity index (χ0v) is 10.0. The van der Waals surface area contributed by atoms with Crippen molar-refractivity contribution in [3.63, 3.8) is 0 Å². The molecule has 18 heavy (non-hydrogen) atoms. The van der Waals surface area contributed by atoms with Crippen molar-refractivity contribution in [2.45, 2.75) is 6.92 Å². The fourth-order valence-electron chi connectivity index (χ4n) is 1.77. The van der Waals surface area contributed by atoms with E-state index in [0.717, 1.165) is 11.1 Å². The van der Waals surface area contributed by atoms with Crippen molar-refractivity contribution in [1.29, 1.82) is 0 Å². The molecule has 3 nitrogen and oxygen atoms in total. The molecule has 3 heteroatoms. The van der Waals surface area contributed by atoms with Crippen LogP contribution in [0, 0.1) is 17.0 Å². The predicted molar refractivity (Wildman–Crippen MR) is 72.5 cm³/mol. The summed E-state index contributed by atoms with van der Waals surface area (Å²) < 4.78 is 0. The van der Waals surface area contributed by atoms with Crippen LogP contribution in [0.25, 0.3) is 11.8 Å². The Bertz CT molecular complexity index is 588. The average Bonchev–Trinajstić information content (AvgIpc) is 2.37. The molecule has 2 aromatic carbocycles. The lowest BCUT2D eigenvalue weighted by Crippen LogP contribution is -1.97. The van der Waals surface area contributed by atoms with Crippen molar-refractivity contribution >= 4 is 11.8 Å². The van der Waals surface area contributed by atoms with Crippen LogP contribution in [-0.4, -0.2) is 4.92 Å². The molecule has 0 heterocycles. The van der Waals surface area contributed by atoms with Gasteiger partial charge in [0.25, 0.3) is 5.70 Å². The first kappa shape index (κ1) is 12.0. The van der Waals surface area contributed by atoms with Crippen molar-refractivity contribution in [1.82, 2.24) is 0 Å². The molecule has 0 radical (unpaired) electrons. The molecule has 0 spiro atoms. The number of aryl methyl sites for hydroxylation is 1. The molecule has 0 aliphatic carbocycles. The Balaban J connectivity index is 2.46. The molecule has 0 unspecified atom stereocenters. The molecule has 0 N–H and O–H groups in total. The van der Waals surface area contributed by atoms with Crippen molar-refractivity contribution in [2.75, 3.05) is 0 Å². The van der Waals surface area contributed by atoms with Gasteiger partial charge < -0.3 is 0 Å². The van der Waals surface area contributed by atoms with E-state index < -0.39 is 0 Å². The maximum Gasteiger partial charge on any atom is 0.277 e. The molecule has 0 atom stereocenters. The number of nitro groups is 1. The van der Waals surface area contributed by atoms with Gasteiger partial charge in [-0.3, -0.25) is 10.1 Å². The molecule has 2 rings (SSSR count). The van der Waals surface area contributed by atoms with Crippen molar-refractivity contribution in [2.24, 2.45) is 0 Å². The second-order valence-electron chi connectivity index (χ2n) is 4.07. The third kappa shape index (κ3) is 2.83. The smallest absolute Gasteiger partial charge is 0.258 e. The minimum Gasteiger partial charge on any atom is -0.258 e. The second-order valence-corrected chi connectivity index (χ2v) is 4.07. The van der Waals surface area contributed by atoms with Crippen LogP contribution in [0.3, 0.4) is 0 Å². The summed E-state index contributed by atoms with van der Waals surface area (Å²) in [5, 5.41) is 11.1. The predicted octanol–water partition coefficient (Wildman–Crippen LogP) is 3.77. The first-order chi connectivity index (χ1) is 8.66. The number of benzene rings is 2.